The number of pyridine rings is 1. The van der Waals surface area contributed by atoms with Crippen molar-refractivity contribution in [2.75, 3.05) is 30.3 Å². The molecule has 3 aromatic rings. The van der Waals surface area contributed by atoms with Gasteiger partial charge in [-0.25, -0.2) is 16.8 Å². The Morgan fingerprint density at radius 2 is 1.67 bits per heavy atom. The van der Waals surface area contributed by atoms with Gasteiger partial charge in [-0.05, 0) is 64.1 Å². The summed E-state index contributed by atoms with van der Waals surface area (Å²) in [6.45, 7) is 9.30. The van der Waals surface area contributed by atoms with Gasteiger partial charge in [0.2, 0.25) is 5.69 Å². The van der Waals surface area contributed by atoms with E-state index in [4.69, 9.17) is 0 Å². The fourth-order valence-electron chi connectivity index (χ4n) is 5.58. The third-order valence-corrected chi connectivity index (χ3v) is 9.47. The molecule has 0 radical (unpaired) electrons. The largest absolute Gasteiger partial charge is 1.00 e. The van der Waals surface area contributed by atoms with Crippen LogP contribution in [0.1, 0.15) is 45.2 Å². The smallest absolute Gasteiger partial charge is 0.748 e. The summed E-state index contributed by atoms with van der Waals surface area (Å²) < 4.78 is 72.2. The van der Waals surface area contributed by atoms with Crippen LogP contribution in [0.4, 0.5) is 11.4 Å². The van der Waals surface area contributed by atoms with E-state index in [0.717, 1.165) is 18.8 Å². The fraction of sp³-hybridized carbons (Fsp3) is 0.379. The summed E-state index contributed by atoms with van der Waals surface area (Å²) in [5.74, 6) is -0.807. The Morgan fingerprint density at radius 3 is 2.26 bits per heavy atom. The van der Waals surface area contributed by atoms with Crippen LogP contribution in [-0.2, 0) is 32.7 Å². The van der Waals surface area contributed by atoms with E-state index in [-0.39, 0.29) is 53.8 Å². The summed E-state index contributed by atoms with van der Waals surface area (Å²) in [6, 6.07) is 9.43. The first-order valence-corrected chi connectivity index (χ1v) is 16.5. The first kappa shape index (κ1) is 35.0. The van der Waals surface area contributed by atoms with Crippen LogP contribution in [0.25, 0.3) is 17.0 Å². The van der Waals surface area contributed by atoms with Crippen LogP contribution < -0.4 is 40.0 Å². The molecule has 0 saturated heterocycles. The van der Waals surface area contributed by atoms with E-state index in [1.54, 1.807) is 37.6 Å². The topological polar surface area (TPSA) is 163 Å². The fourth-order valence-corrected chi connectivity index (χ4v) is 6.56. The SMILES string of the molecule is CCN(CC)c1ccc2c(O)c(/C=C/C3=[N+](CCCS(=O)(=O)[O-])c4ccc(S(=O)(=O)[O-])cc4C3(C)C)c(=O)n(C)c2c1.[Na+]. The molecule has 43 heavy (non-hydrogen) atoms. The van der Waals surface area contributed by atoms with E-state index < -0.39 is 41.9 Å². The molecule has 0 aliphatic carbocycles. The minimum atomic E-state index is -4.75. The van der Waals surface area contributed by atoms with Crippen LogP contribution >= 0.6 is 0 Å². The third kappa shape index (κ3) is 6.93. The van der Waals surface area contributed by atoms with Crippen molar-refractivity contribution in [1.82, 2.24) is 4.57 Å². The van der Waals surface area contributed by atoms with E-state index in [0.29, 0.717) is 27.9 Å². The number of aromatic hydroxyl groups is 1. The van der Waals surface area contributed by atoms with E-state index >= 15 is 0 Å². The molecule has 1 aliphatic heterocycles. The molecule has 14 heteroatoms. The predicted molar refractivity (Wildman–Crippen MR) is 160 cm³/mol. The minimum Gasteiger partial charge on any atom is -0.748 e. The van der Waals surface area contributed by atoms with E-state index in [1.165, 1.54) is 28.8 Å². The molecule has 0 bridgehead atoms. The Hall–Kier alpha value is -2.52. The minimum absolute atomic E-state index is 0. The van der Waals surface area contributed by atoms with Gasteiger partial charge in [0.15, 0.2) is 5.71 Å². The maximum Gasteiger partial charge on any atom is 1.00 e. The molecule has 1 aliphatic rings. The van der Waals surface area contributed by atoms with Crippen LogP contribution in [0.2, 0.25) is 0 Å². The van der Waals surface area contributed by atoms with Crippen LogP contribution in [0.3, 0.4) is 0 Å². The molecule has 4 rings (SSSR count). The van der Waals surface area contributed by atoms with Crippen molar-refractivity contribution in [1.29, 1.82) is 0 Å². The number of fused-ring (bicyclic) bond motifs is 2. The molecule has 0 saturated carbocycles. The first-order valence-electron chi connectivity index (χ1n) is 13.5. The van der Waals surface area contributed by atoms with Gasteiger partial charge in [-0.1, -0.05) is 0 Å². The number of aryl methyl sites for hydroxylation is 1. The monoisotopic (exact) mass is 639 g/mol. The third-order valence-electron chi connectivity index (χ3n) is 7.85. The maximum atomic E-state index is 13.4. The summed E-state index contributed by atoms with van der Waals surface area (Å²) in [5.41, 5.74) is 1.78. The number of anilines is 1. The Kier molecular flexibility index (Phi) is 10.4. The number of allylic oxidation sites excluding steroid dienone is 1. The molecule has 0 amide bonds. The number of aromatic nitrogens is 1. The molecule has 0 atom stereocenters. The zero-order valence-corrected chi connectivity index (χ0v) is 28.8. The van der Waals surface area contributed by atoms with Crippen molar-refractivity contribution in [2.45, 2.75) is 44.4 Å². The molecule has 1 aromatic heterocycles. The molecule has 2 aromatic carbocycles. The van der Waals surface area contributed by atoms with Crippen molar-refractivity contribution in [2.24, 2.45) is 7.05 Å². The average Bonchev–Trinajstić information content (AvgIpc) is 3.12. The van der Waals surface area contributed by atoms with Gasteiger partial charge in [0.05, 0.1) is 31.5 Å². The van der Waals surface area contributed by atoms with Gasteiger partial charge < -0.3 is 23.7 Å². The van der Waals surface area contributed by atoms with Gasteiger partial charge in [-0.3, -0.25) is 4.79 Å². The summed E-state index contributed by atoms with van der Waals surface area (Å²) in [7, 11) is -7.60. The molecule has 11 nitrogen and oxygen atoms in total. The van der Waals surface area contributed by atoms with Crippen molar-refractivity contribution >= 4 is 54.3 Å². The number of benzene rings is 2. The van der Waals surface area contributed by atoms with Gasteiger partial charge in [0.25, 0.3) is 5.56 Å². The van der Waals surface area contributed by atoms with Gasteiger partial charge in [0, 0.05) is 61.1 Å². The number of hydrogen-bond donors (Lipinski definition) is 1. The summed E-state index contributed by atoms with van der Waals surface area (Å²) in [4.78, 5) is 15.2. The number of hydrogen-bond acceptors (Lipinski definition) is 9. The molecular formula is C29H34N3NaO8S2. The Labute approximate surface area is 274 Å². The van der Waals surface area contributed by atoms with Gasteiger partial charge in [0.1, 0.15) is 22.4 Å². The molecule has 226 valence electrons. The second-order valence-electron chi connectivity index (χ2n) is 10.7. The zero-order chi connectivity index (χ0) is 31.2. The van der Waals surface area contributed by atoms with Crippen LogP contribution in [0.15, 0.2) is 52.2 Å². The molecule has 1 N–H and O–H groups in total. The summed E-state index contributed by atoms with van der Waals surface area (Å²) in [5, 5.41) is 11.7. The normalized spacial score (nSPS) is 14.8. The van der Waals surface area contributed by atoms with Gasteiger partial charge >= 0.3 is 29.6 Å². The second kappa shape index (κ2) is 12.8. The molecular weight excluding hydrogens is 605 g/mol. The second-order valence-corrected chi connectivity index (χ2v) is 13.6. The summed E-state index contributed by atoms with van der Waals surface area (Å²) in [6.07, 6.45) is 3.07. The molecule has 2 heterocycles. The molecule has 0 unspecified atom stereocenters. The average molecular weight is 640 g/mol. The van der Waals surface area contributed by atoms with Crippen molar-refractivity contribution in [3.63, 3.8) is 0 Å². The van der Waals surface area contributed by atoms with E-state index in [2.05, 4.69) is 4.90 Å². The van der Waals surface area contributed by atoms with E-state index in [9.17, 15) is 35.8 Å². The Bertz CT molecular complexity index is 1910. The summed E-state index contributed by atoms with van der Waals surface area (Å²) >= 11 is 0. The van der Waals surface area contributed by atoms with Gasteiger partial charge in [-0.2, -0.15) is 4.58 Å². The van der Waals surface area contributed by atoms with Crippen LogP contribution in [0.5, 0.6) is 5.75 Å². The number of nitrogens with zero attached hydrogens (tertiary/aromatic N) is 3. The van der Waals surface area contributed by atoms with Crippen molar-refractivity contribution < 1.29 is 65.2 Å². The Balaban J connectivity index is 0.00000506. The number of rotatable bonds is 10. The quantitative estimate of drug-likeness (QED) is 0.183. The van der Waals surface area contributed by atoms with Crippen LogP contribution in [0, 0.1) is 0 Å². The van der Waals surface area contributed by atoms with Crippen molar-refractivity contribution in [3.05, 3.63) is 64.0 Å². The van der Waals surface area contributed by atoms with Crippen molar-refractivity contribution in [3.8, 4) is 5.75 Å². The van der Waals surface area contributed by atoms with E-state index in [1.807, 2.05) is 26.0 Å². The predicted octanol–water partition coefficient (Wildman–Crippen LogP) is 0.0233. The first-order chi connectivity index (χ1) is 19.5. The van der Waals surface area contributed by atoms with Gasteiger partial charge in [-0.15, -0.1) is 0 Å². The Morgan fingerprint density at radius 1 is 1.02 bits per heavy atom. The van der Waals surface area contributed by atoms with Crippen LogP contribution in [-0.4, -0.2) is 71.3 Å². The standard InChI is InChI=1S/C29H35N3O8S2.Na/c1-6-31(7-2)19-9-11-21-25(17-19)30(5)28(34)22(27(21)33)12-14-26-29(3,4)23-18-20(42(38,39)40)10-13-24(23)32(26)15-8-16-41(35,36)37;/h9-14,17-18H,6-8,15-16H2,1-5H3,(H2,35,36,37,38,39,40);/q;+1/p-1. The maximum absolute atomic E-state index is 13.4. The molecule has 0 fully saturated rings. The molecule has 0 spiro atoms. The zero-order valence-electron chi connectivity index (χ0n) is 25.1.